The minimum atomic E-state index is -1.01. The van der Waals surface area contributed by atoms with Crippen molar-refractivity contribution in [3.05, 3.63) is 23.8 Å². The Kier molecular flexibility index (Phi) is 3.76. The maximum absolute atomic E-state index is 11.4. The summed E-state index contributed by atoms with van der Waals surface area (Å²) >= 11 is 0. The van der Waals surface area contributed by atoms with E-state index in [2.05, 4.69) is 0 Å². The Balaban J connectivity index is 1.76. The molecule has 5 nitrogen and oxygen atoms in total. The van der Waals surface area contributed by atoms with E-state index in [0.717, 1.165) is 25.7 Å². The highest BCUT2D eigenvalue weighted by molar-refractivity contribution is 5.91. The molecule has 1 N–H and O–H groups in total. The normalized spacial score (nSPS) is 23.4. The standard InChI is InChI=1S/C16H20O5/c1-19-11-3-4-14(13(9-11)15(17)18)21-12-5-8-20-16(10-12)6-2-7-16/h3-4,9,12H,2,5-8,10H2,1H3,(H,17,18). The van der Waals surface area contributed by atoms with E-state index in [-0.39, 0.29) is 17.3 Å². The monoisotopic (exact) mass is 292 g/mol. The van der Waals surface area contributed by atoms with E-state index in [1.165, 1.54) is 19.6 Å². The van der Waals surface area contributed by atoms with Crippen molar-refractivity contribution in [2.75, 3.05) is 13.7 Å². The molecule has 2 fully saturated rings. The van der Waals surface area contributed by atoms with Gasteiger partial charge in [-0.05, 0) is 37.5 Å². The summed E-state index contributed by atoms with van der Waals surface area (Å²) < 4.78 is 16.9. The van der Waals surface area contributed by atoms with Crippen LogP contribution in [0.2, 0.25) is 0 Å². The topological polar surface area (TPSA) is 65.0 Å². The number of hydrogen-bond donors (Lipinski definition) is 1. The molecule has 1 unspecified atom stereocenters. The molecule has 1 aliphatic heterocycles. The second kappa shape index (κ2) is 5.56. The maximum atomic E-state index is 11.4. The molecule has 1 atom stereocenters. The number of benzene rings is 1. The number of methoxy groups -OCH3 is 1. The molecular weight excluding hydrogens is 272 g/mol. The highest BCUT2D eigenvalue weighted by Gasteiger charge is 2.43. The summed E-state index contributed by atoms with van der Waals surface area (Å²) in [5.74, 6) is -0.0822. The molecule has 0 amide bonds. The molecule has 3 rings (SSSR count). The maximum Gasteiger partial charge on any atom is 0.339 e. The Morgan fingerprint density at radius 1 is 1.43 bits per heavy atom. The third-order valence-corrected chi connectivity index (χ3v) is 4.42. The van der Waals surface area contributed by atoms with Crippen molar-refractivity contribution in [1.29, 1.82) is 0 Å². The molecule has 5 heteroatoms. The molecule has 1 spiro atoms. The van der Waals surface area contributed by atoms with Crippen LogP contribution < -0.4 is 9.47 Å². The highest BCUT2D eigenvalue weighted by atomic mass is 16.5. The number of hydrogen-bond acceptors (Lipinski definition) is 4. The van der Waals surface area contributed by atoms with Gasteiger partial charge >= 0.3 is 5.97 Å². The smallest absolute Gasteiger partial charge is 0.339 e. The number of carboxylic acids is 1. The Bertz CT molecular complexity index is 535. The first-order valence-electron chi connectivity index (χ1n) is 7.34. The molecule has 2 aliphatic rings. The van der Waals surface area contributed by atoms with E-state index in [9.17, 15) is 9.90 Å². The fraction of sp³-hybridized carbons (Fsp3) is 0.562. The second-order valence-electron chi connectivity index (χ2n) is 5.78. The van der Waals surface area contributed by atoms with Crippen LogP contribution in [0.3, 0.4) is 0 Å². The molecule has 1 saturated carbocycles. The predicted octanol–water partition coefficient (Wildman–Crippen LogP) is 2.87. The van der Waals surface area contributed by atoms with Gasteiger partial charge in [-0.25, -0.2) is 4.79 Å². The first-order chi connectivity index (χ1) is 10.1. The summed E-state index contributed by atoms with van der Waals surface area (Å²) in [5, 5.41) is 9.31. The zero-order chi connectivity index (χ0) is 14.9. The molecule has 1 aromatic carbocycles. The van der Waals surface area contributed by atoms with Gasteiger partial charge in [0.1, 0.15) is 23.2 Å². The van der Waals surface area contributed by atoms with Crippen LogP contribution in [0.25, 0.3) is 0 Å². The average molecular weight is 292 g/mol. The van der Waals surface area contributed by atoms with E-state index >= 15 is 0 Å². The van der Waals surface area contributed by atoms with Gasteiger partial charge in [-0.3, -0.25) is 0 Å². The van der Waals surface area contributed by atoms with E-state index < -0.39 is 5.97 Å². The van der Waals surface area contributed by atoms with Crippen molar-refractivity contribution in [2.45, 2.75) is 43.8 Å². The SMILES string of the molecule is COc1ccc(OC2CCOC3(CCC3)C2)c(C(=O)O)c1. The van der Waals surface area contributed by atoms with Crippen LogP contribution >= 0.6 is 0 Å². The molecular formula is C16H20O5. The van der Waals surface area contributed by atoms with Gasteiger partial charge in [0.15, 0.2) is 0 Å². The number of carbonyl (C=O) groups is 1. The van der Waals surface area contributed by atoms with E-state index in [0.29, 0.717) is 18.1 Å². The molecule has 1 saturated heterocycles. The molecule has 0 aromatic heterocycles. The number of ether oxygens (including phenoxy) is 3. The minimum absolute atomic E-state index is 0.0151. The molecule has 114 valence electrons. The summed E-state index contributed by atoms with van der Waals surface area (Å²) in [5.41, 5.74) is 0.127. The van der Waals surface area contributed by atoms with Crippen LogP contribution in [0.1, 0.15) is 42.5 Å². The lowest BCUT2D eigenvalue weighted by atomic mass is 9.74. The van der Waals surface area contributed by atoms with Gasteiger partial charge in [-0.1, -0.05) is 0 Å². The van der Waals surface area contributed by atoms with E-state index in [1.54, 1.807) is 12.1 Å². The molecule has 1 aromatic rings. The molecule has 0 radical (unpaired) electrons. The van der Waals surface area contributed by atoms with Crippen molar-refractivity contribution < 1.29 is 24.1 Å². The van der Waals surface area contributed by atoms with Gasteiger partial charge < -0.3 is 19.3 Å². The van der Waals surface area contributed by atoms with Crippen LogP contribution in [0.4, 0.5) is 0 Å². The van der Waals surface area contributed by atoms with Crippen LogP contribution in [0, 0.1) is 0 Å². The van der Waals surface area contributed by atoms with Crippen LogP contribution in [-0.4, -0.2) is 36.5 Å². The molecule has 1 heterocycles. The molecule has 1 aliphatic carbocycles. The zero-order valence-corrected chi connectivity index (χ0v) is 12.1. The molecule has 0 bridgehead atoms. The fourth-order valence-electron chi connectivity index (χ4n) is 3.09. The van der Waals surface area contributed by atoms with Gasteiger partial charge in [0.05, 0.1) is 19.3 Å². The van der Waals surface area contributed by atoms with Crippen LogP contribution in [0.5, 0.6) is 11.5 Å². The quantitative estimate of drug-likeness (QED) is 0.924. The summed E-state index contributed by atoms with van der Waals surface area (Å²) in [4.78, 5) is 11.4. The first kappa shape index (κ1) is 14.2. The van der Waals surface area contributed by atoms with Gasteiger partial charge in [0.25, 0.3) is 0 Å². The summed E-state index contributed by atoms with van der Waals surface area (Å²) in [7, 11) is 1.51. The number of rotatable bonds is 4. The minimum Gasteiger partial charge on any atom is -0.497 e. The Hall–Kier alpha value is -1.75. The summed E-state index contributed by atoms with van der Waals surface area (Å²) in [6.45, 7) is 0.684. The Morgan fingerprint density at radius 2 is 2.24 bits per heavy atom. The average Bonchev–Trinajstić information content (AvgIpc) is 2.46. The van der Waals surface area contributed by atoms with Gasteiger partial charge in [0.2, 0.25) is 0 Å². The third kappa shape index (κ3) is 2.83. The van der Waals surface area contributed by atoms with Gasteiger partial charge in [0, 0.05) is 12.8 Å². The first-order valence-corrected chi connectivity index (χ1v) is 7.34. The van der Waals surface area contributed by atoms with Crippen molar-refractivity contribution >= 4 is 5.97 Å². The lowest BCUT2D eigenvalue weighted by Crippen LogP contribution is -2.48. The second-order valence-corrected chi connectivity index (χ2v) is 5.78. The van der Waals surface area contributed by atoms with Gasteiger partial charge in [-0.15, -0.1) is 0 Å². The van der Waals surface area contributed by atoms with Crippen molar-refractivity contribution in [3.8, 4) is 11.5 Å². The highest BCUT2D eigenvalue weighted by Crippen LogP contribution is 2.43. The predicted molar refractivity (Wildman–Crippen MR) is 76.1 cm³/mol. The van der Waals surface area contributed by atoms with Crippen LogP contribution in [-0.2, 0) is 4.74 Å². The summed E-state index contributed by atoms with van der Waals surface area (Å²) in [6.07, 6.45) is 5.04. The van der Waals surface area contributed by atoms with Crippen LogP contribution in [0.15, 0.2) is 18.2 Å². The van der Waals surface area contributed by atoms with Gasteiger partial charge in [-0.2, -0.15) is 0 Å². The summed E-state index contributed by atoms with van der Waals surface area (Å²) in [6, 6.07) is 4.89. The van der Waals surface area contributed by atoms with E-state index in [4.69, 9.17) is 14.2 Å². The number of carboxylic acid groups (broad SMARTS) is 1. The zero-order valence-electron chi connectivity index (χ0n) is 12.1. The lowest BCUT2D eigenvalue weighted by Gasteiger charge is -2.46. The Morgan fingerprint density at radius 3 is 2.86 bits per heavy atom. The number of aromatic carboxylic acids is 1. The third-order valence-electron chi connectivity index (χ3n) is 4.42. The lowest BCUT2D eigenvalue weighted by molar-refractivity contribution is -0.153. The van der Waals surface area contributed by atoms with Crippen molar-refractivity contribution in [3.63, 3.8) is 0 Å². The largest absolute Gasteiger partial charge is 0.497 e. The molecule has 21 heavy (non-hydrogen) atoms. The Labute approximate surface area is 123 Å². The van der Waals surface area contributed by atoms with Crippen molar-refractivity contribution in [2.24, 2.45) is 0 Å². The van der Waals surface area contributed by atoms with Crippen molar-refractivity contribution in [1.82, 2.24) is 0 Å². The van der Waals surface area contributed by atoms with E-state index in [1.807, 2.05) is 0 Å². The fourth-order valence-corrected chi connectivity index (χ4v) is 3.09.